The molecular formula is C12H11As3. The van der Waals surface area contributed by atoms with Crippen LogP contribution in [0.15, 0.2) is 36.0 Å². The quantitative estimate of drug-likeness (QED) is 0.627. The predicted octanol–water partition coefficient (Wildman–Crippen LogP) is 0.951. The van der Waals surface area contributed by atoms with E-state index in [9.17, 15) is 0 Å². The molecule has 0 nitrogen and oxygen atoms in total. The van der Waals surface area contributed by atoms with Crippen molar-refractivity contribution < 1.29 is 0 Å². The van der Waals surface area contributed by atoms with Gasteiger partial charge in [-0.1, -0.05) is 0 Å². The summed E-state index contributed by atoms with van der Waals surface area (Å²) in [7, 11) is 0. The molecular weight excluding hydrogens is 369 g/mol. The van der Waals surface area contributed by atoms with Crippen LogP contribution in [0.4, 0.5) is 0 Å². The number of allylic oxidation sites excluding steroid dienone is 6. The number of hydrogen-bond donors (Lipinski definition) is 0. The van der Waals surface area contributed by atoms with E-state index in [1.54, 1.807) is 18.5 Å². The maximum absolute atomic E-state index is 2.52. The van der Waals surface area contributed by atoms with Crippen molar-refractivity contribution in [2.24, 2.45) is 0 Å². The van der Waals surface area contributed by atoms with Crippen molar-refractivity contribution in [1.82, 2.24) is 0 Å². The van der Waals surface area contributed by atoms with Gasteiger partial charge in [0, 0.05) is 0 Å². The third-order valence-electron chi connectivity index (χ3n) is 2.60. The van der Waals surface area contributed by atoms with E-state index in [4.69, 9.17) is 0 Å². The molecule has 0 fully saturated rings. The first-order chi connectivity index (χ1) is 7.45. The van der Waals surface area contributed by atoms with Gasteiger partial charge in [0.25, 0.3) is 0 Å². The van der Waals surface area contributed by atoms with Gasteiger partial charge in [-0.25, -0.2) is 0 Å². The van der Waals surface area contributed by atoms with Gasteiger partial charge in [0.2, 0.25) is 0 Å². The fourth-order valence-electron chi connectivity index (χ4n) is 1.92. The fourth-order valence-corrected chi connectivity index (χ4v) is 10.1. The Hall–Kier alpha value is 0.505. The Kier molecular flexibility index (Phi) is 3.40. The van der Waals surface area contributed by atoms with Gasteiger partial charge in [-0.05, 0) is 0 Å². The predicted molar refractivity (Wildman–Crippen MR) is 73.1 cm³/mol. The summed E-state index contributed by atoms with van der Waals surface area (Å²) < 4.78 is 5.27. The Bertz CT molecular complexity index is 429. The molecule has 0 bridgehead atoms. The molecule has 15 heavy (non-hydrogen) atoms. The zero-order valence-electron chi connectivity index (χ0n) is 8.35. The average Bonchev–Trinajstić information content (AvgIpc) is 3.01. The molecule has 0 saturated heterocycles. The zero-order chi connectivity index (χ0) is 10.1. The van der Waals surface area contributed by atoms with Gasteiger partial charge >= 0.3 is 110 Å². The summed E-state index contributed by atoms with van der Waals surface area (Å²) in [6.45, 7) is 0. The molecule has 0 amide bonds. The van der Waals surface area contributed by atoms with E-state index in [2.05, 4.69) is 30.4 Å². The molecule has 0 N–H and O–H groups in total. The van der Waals surface area contributed by atoms with E-state index in [0.29, 0.717) is 45.9 Å². The minimum absolute atomic E-state index is 0.466. The molecule has 0 unspecified atom stereocenters. The van der Waals surface area contributed by atoms with Gasteiger partial charge in [-0.15, -0.1) is 0 Å². The average molecular weight is 380 g/mol. The zero-order valence-corrected chi connectivity index (χ0v) is 14.0. The first-order valence-electron chi connectivity index (χ1n) is 5.13. The monoisotopic (exact) mass is 380 g/mol. The van der Waals surface area contributed by atoms with E-state index >= 15 is 0 Å². The SMILES string of the molecule is C1=CC(C2=CC[As]=C2C2=[As]CC=C2)=[As]C1. The van der Waals surface area contributed by atoms with E-state index < -0.39 is 0 Å². The van der Waals surface area contributed by atoms with Crippen molar-refractivity contribution in [2.45, 2.75) is 15.6 Å². The van der Waals surface area contributed by atoms with Crippen LogP contribution in [0.1, 0.15) is 0 Å². The van der Waals surface area contributed by atoms with Crippen molar-refractivity contribution in [2.75, 3.05) is 0 Å². The van der Waals surface area contributed by atoms with Crippen LogP contribution < -0.4 is 0 Å². The van der Waals surface area contributed by atoms with Crippen molar-refractivity contribution in [3.05, 3.63) is 36.0 Å². The molecule has 0 spiro atoms. The van der Waals surface area contributed by atoms with Crippen molar-refractivity contribution in [3.8, 4) is 0 Å². The third kappa shape index (κ3) is 2.15. The molecule has 3 heteroatoms. The first kappa shape index (κ1) is 10.6. The molecule has 0 aromatic rings. The summed E-state index contributed by atoms with van der Waals surface area (Å²) in [6.07, 6.45) is 12.1. The fraction of sp³-hybridized carbons (Fsp3) is 0.250. The second-order valence-electron chi connectivity index (χ2n) is 3.56. The second kappa shape index (κ2) is 4.79. The normalized spacial score (nSPS) is 26.1. The van der Waals surface area contributed by atoms with Gasteiger partial charge in [0.05, 0.1) is 0 Å². The summed E-state index contributed by atoms with van der Waals surface area (Å²) in [4.78, 5) is 0. The molecule has 0 aliphatic carbocycles. The van der Waals surface area contributed by atoms with Crippen LogP contribution >= 0.6 is 0 Å². The van der Waals surface area contributed by atoms with Crippen LogP contribution in [0, 0.1) is 0 Å². The van der Waals surface area contributed by atoms with Crippen molar-refractivity contribution >= 4 is 58.8 Å². The van der Waals surface area contributed by atoms with Crippen LogP contribution in [0.25, 0.3) is 0 Å². The number of rotatable bonds is 2. The number of hydrogen-bond acceptors (Lipinski definition) is 0. The van der Waals surface area contributed by atoms with Gasteiger partial charge in [-0.3, -0.25) is 0 Å². The molecule has 0 atom stereocenters. The summed E-state index contributed by atoms with van der Waals surface area (Å²) in [5.74, 6) is 0. The van der Waals surface area contributed by atoms with Crippen LogP contribution in [-0.2, 0) is 0 Å². The van der Waals surface area contributed by atoms with Crippen LogP contribution in [0.2, 0.25) is 15.6 Å². The summed E-state index contributed by atoms with van der Waals surface area (Å²) in [5, 5.41) is 4.09. The van der Waals surface area contributed by atoms with Crippen LogP contribution in [-0.4, -0.2) is 58.8 Å². The van der Waals surface area contributed by atoms with Crippen molar-refractivity contribution in [1.29, 1.82) is 0 Å². The molecule has 0 aromatic carbocycles. The van der Waals surface area contributed by atoms with E-state index in [0.717, 1.165) is 0 Å². The standard InChI is InChI=1S/C12H11As3/c1-3-10(13-6-1)9-5-8-15-12(9)11-4-2-7-14-11/h1-5H,6-8H2. The van der Waals surface area contributed by atoms with Gasteiger partial charge in [-0.2, -0.15) is 0 Å². The molecule has 0 aromatic heterocycles. The van der Waals surface area contributed by atoms with Gasteiger partial charge in [0.15, 0.2) is 0 Å². The van der Waals surface area contributed by atoms with Gasteiger partial charge in [0.1, 0.15) is 0 Å². The molecule has 0 saturated carbocycles. The molecule has 3 heterocycles. The van der Waals surface area contributed by atoms with Crippen LogP contribution in [0.5, 0.6) is 0 Å². The molecule has 0 radical (unpaired) electrons. The summed E-state index contributed by atoms with van der Waals surface area (Å²) in [6, 6.07) is 0. The van der Waals surface area contributed by atoms with E-state index in [-0.39, 0.29) is 0 Å². The van der Waals surface area contributed by atoms with Gasteiger partial charge < -0.3 is 0 Å². The molecule has 3 aliphatic heterocycles. The van der Waals surface area contributed by atoms with Crippen LogP contribution in [0.3, 0.4) is 0 Å². The Labute approximate surface area is 110 Å². The topological polar surface area (TPSA) is 0 Å². The summed E-state index contributed by atoms with van der Waals surface area (Å²) >= 11 is 1.42. The third-order valence-corrected chi connectivity index (χ3v) is 10.6. The Balaban J connectivity index is 1.94. The maximum atomic E-state index is 2.52. The minimum atomic E-state index is 0.466. The second-order valence-corrected chi connectivity index (χ2v) is 10.8. The van der Waals surface area contributed by atoms with E-state index in [1.165, 1.54) is 15.6 Å². The van der Waals surface area contributed by atoms with Crippen molar-refractivity contribution in [3.63, 3.8) is 0 Å². The first-order valence-corrected chi connectivity index (χ1v) is 11.9. The van der Waals surface area contributed by atoms with E-state index in [1.807, 2.05) is 0 Å². The molecule has 74 valence electrons. The Morgan fingerprint density at radius 2 is 1.53 bits per heavy atom. The molecule has 3 aliphatic rings. The molecule has 3 rings (SSSR count). The Morgan fingerprint density at radius 3 is 2.20 bits per heavy atom. The summed E-state index contributed by atoms with van der Waals surface area (Å²) in [5.41, 5.74) is 1.68. The Morgan fingerprint density at radius 1 is 0.800 bits per heavy atom.